The number of fused-ring (bicyclic) bond motifs is 1. The molecule has 9 nitrogen and oxygen atoms in total. The van der Waals surface area contributed by atoms with Gasteiger partial charge in [0, 0.05) is 12.0 Å². The van der Waals surface area contributed by atoms with Crippen molar-refractivity contribution in [3.05, 3.63) is 33.9 Å². The van der Waals surface area contributed by atoms with Crippen LogP contribution in [0.2, 0.25) is 0 Å². The van der Waals surface area contributed by atoms with Gasteiger partial charge in [-0.2, -0.15) is 9.46 Å². The number of H-pyrrole nitrogens is 1. The predicted molar refractivity (Wildman–Crippen MR) is 103 cm³/mol. The fraction of sp³-hybridized carbons (Fsp3) is 0.562. The van der Waals surface area contributed by atoms with Gasteiger partial charge in [0.1, 0.15) is 11.2 Å². The lowest BCUT2D eigenvalue weighted by molar-refractivity contribution is 0.101. The van der Waals surface area contributed by atoms with Crippen molar-refractivity contribution in [1.82, 2.24) is 19.9 Å². The molecule has 2 aromatic rings. The molecule has 2 saturated heterocycles. The van der Waals surface area contributed by atoms with Crippen LogP contribution in [-0.2, 0) is 14.5 Å². The number of hydrogen-bond donors (Lipinski definition) is 2. The summed E-state index contributed by atoms with van der Waals surface area (Å²) in [5.41, 5.74) is 0.998. The van der Waals surface area contributed by atoms with E-state index in [1.807, 2.05) is 0 Å². The Labute approximate surface area is 162 Å². The Morgan fingerprint density at radius 1 is 1.30 bits per heavy atom. The van der Waals surface area contributed by atoms with E-state index in [0.29, 0.717) is 18.9 Å². The summed E-state index contributed by atoms with van der Waals surface area (Å²) in [6.45, 7) is 2.43. The first-order valence-corrected chi connectivity index (χ1v) is 10.6. The molecule has 4 rings (SSSR count). The van der Waals surface area contributed by atoms with E-state index in [4.69, 9.17) is 4.74 Å². The molecule has 0 unspecified atom stereocenters. The summed E-state index contributed by atoms with van der Waals surface area (Å²) in [5.74, 6) is 0.0849. The number of nitrogens with zero attached hydrogens (tertiary/aromatic N) is 3. The van der Waals surface area contributed by atoms with Crippen LogP contribution in [0, 0.1) is 0 Å². The lowest BCUT2D eigenvalue weighted by atomic mass is 9.94. The highest BCUT2D eigenvalue weighted by Gasteiger charge is 2.23. The lowest BCUT2D eigenvalue weighted by Crippen LogP contribution is -2.28. The average molecular weight is 416 g/mol. The van der Waals surface area contributed by atoms with Crippen molar-refractivity contribution in [3.63, 3.8) is 0 Å². The van der Waals surface area contributed by atoms with E-state index in [0.717, 1.165) is 31.6 Å². The Balaban J connectivity index is 0.00000210. The third-order valence-electron chi connectivity index (χ3n) is 4.86. The summed E-state index contributed by atoms with van der Waals surface area (Å²) in [5, 5.41) is 7.59. The summed E-state index contributed by atoms with van der Waals surface area (Å²) in [4.78, 5) is 27.4. The molecule has 0 spiro atoms. The number of hydrogen-bond acceptors (Lipinski definition) is 6. The van der Waals surface area contributed by atoms with E-state index in [9.17, 15) is 13.8 Å². The van der Waals surface area contributed by atoms with Crippen molar-refractivity contribution in [1.29, 1.82) is 0 Å². The topological polar surface area (TPSA) is 118 Å². The summed E-state index contributed by atoms with van der Waals surface area (Å²) in [6, 6.07) is 1.54. The number of ether oxygens (including phenoxy) is 1. The van der Waals surface area contributed by atoms with Gasteiger partial charge < -0.3 is 15.0 Å². The van der Waals surface area contributed by atoms with Crippen molar-refractivity contribution in [3.8, 4) is 0 Å². The molecule has 0 bridgehead atoms. The fourth-order valence-electron chi connectivity index (χ4n) is 3.45. The Morgan fingerprint density at radius 2 is 2.00 bits per heavy atom. The van der Waals surface area contributed by atoms with Crippen molar-refractivity contribution in [2.75, 3.05) is 37.8 Å². The van der Waals surface area contributed by atoms with Crippen molar-refractivity contribution < 1.29 is 13.7 Å². The molecular formula is C16H22ClN5O4S. The SMILES string of the molecule is Cl.O=C(N=S1(=O)CCOCC1)c1cnn2c(C3CCNCC3)cc(=O)[nH]c12. The Kier molecular flexibility index (Phi) is 5.99. The molecule has 2 aliphatic rings. The predicted octanol–water partition coefficient (Wildman–Crippen LogP) is 0.550. The molecular weight excluding hydrogens is 394 g/mol. The van der Waals surface area contributed by atoms with Crippen LogP contribution in [0.4, 0.5) is 0 Å². The summed E-state index contributed by atoms with van der Waals surface area (Å²) in [7, 11) is -2.61. The first kappa shape index (κ1) is 20.0. The fourth-order valence-corrected chi connectivity index (χ4v) is 5.00. The minimum atomic E-state index is -2.61. The number of rotatable bonds is 2. The number of amides is 1. The highest BCUT2D eigenvalue weighted by molar-refractivity contribution is 7.94. The highest BCUT2D eigenvalue weighted by Crippen LogP contribution is 2.25. The molecule has 2 aliphatic heterocycles. The monoisotopic (exact) mass is 415 g/mol. The first-order valence-electron chi connectivity index (χ1n) is 8.72. The number of aromatic nitrogens is 3. The van der Waals surface area contributed by atoms with E-state index in [2.05, 4.69) is 19.8 Å². The maximum absolute atomic E-state index is 12.7. The maximum Gasteiger partial charge on any atom is 0.290 e. The molecule has 27 heavy (non-hydrogen) atoms. The zero-order valence-electron chi connectivity index (χ0n) is 14.7. The van der Waals surface area contributed by atoms with Gasteiger partial charge >= 0.3 is 0 Å². The average Bonchev–Trinajstić information content (AvgIpc) is 3.06. The second kappa shape index (κ2) is 8.09. The van der Waals surface area contributed by atoms with Crippen LogP contribution in [0.15, 0.2) is 21.4 Å². The number of carbonyl (C=O) groups is 1. The number of aromatic amines is 1. The number of halogens is 1. The Hall–Kier alpha value is -1.75. The number of nitrogens with one attached hydrogen (secondary N) is 2. The smallest absolute Gasteiger partial charge is 0.290 e. The Morgan fingerprint density at radius 3 is 2.70 bits per heavy atom. The van der Waals surface area contributed by atoms with E-state index in [1.165, 1.54) is 6.20 Å². The number of piperidine rings is 1. The maximum atomic E-state index is 12.7. The zero-order valence-corrected chi connectivity index (χ0v) is 16.3. The molecule has 2 fully saturated rings. The van der Waals surface area contributed by atoms with Gasteiger partial charge in [-0.05, 0) is 25.9 Å². The first-order chi connectivity index (χ1) is 12.6. The lowest BCUT2D eigenvalue weighted by Gasteiger charge is -2.23. The number of carbonyl (C=O) groups excluding carboxylic acids is 1. The third kappa shape index (κ3) is 4.08. The van der Waals surface area contributed by atoms with Gasteiger partial charge in [0.2, 0.25) is 0 Å². The van der Waals surface area contributed by atoms with Gasteiger partial charge in [-0.15, -0.1) is 12.4 Å². The van der Waals surface area contributed by atoms with E-state index in [1.54, 1.807) is 10.6 Å². The molecule has 0 saturated carbocycles. The van der Waals surface area contributed by atoms with Crippen LogP contribution in [0.1, 0.15) is 34.8 Å². The quantitative estimate of drug-likeness (QED) is 0.739. The standard InChI is InChI=1S/C16H21N5O4S.ClH/c22-14-9-13(11-1-3-17-4-2-11)21-15(19-14)12(10-18-21)16(23)20-26(24)7-5-25-6-8-26;/h9-11,17H,1-8H2,(H,19,22);1H. The minimum Gasteiger partial charge on any atom is -0.379 e. The van der Waals surface area contributed by atoms with Crippen LogP contribution >= 0.6 is 12.4 Å². The molecule has 4 heterocycles. The van der Waals surface area contributed by atoms with Crippen LogP contribution < -0.4 is 10.9 Å². The summed E-state index contributed by atoms with van der Waals surface area (Å²) in [6.07, 6.45) is 3.20. The molecule has 148 valence electrons. The van der Waals surface area contributed by atoms with Crippen LogP contribution in [0.25, 0.3) is 5.65 Å². The molecule has 0 aromatic carbocycles. The van der Waals surface area contributed by atoms with E-state index in [-0.39, 0.29) is 41.0 Å². The van der Waals surface area contributed by atoms with Gasteiger partial charge in [0.25, 0.3) is 11.5 Å². The molecule has 2 aromatic heterocycles. The second-order valence-electron chi connectivity index (χ2n) is 6.59. The van der Waals surface area contributed by atoms with Crippen molar-refractivity contribution >= 4 is 33.7 Å². The summed E-state index contributed by atoms with van der Waals surface area (Å²) >= 11 is 0. The van der Waals surface area contributed by atoms with Gasteiger partial charge in [-0.25, -0.2) is 8.72 Å². The third-order valence-corrected chi connectivity index (χ3v) is 6.97. The summed E-state index contributed by atoms with van der Waals surface area (Å²) < 4.78 is 23.4. The van der Waals surface area contributed by atoms with E-state index >= 15 is 0 Å². The molecule has 11 heteroatoms. The molecule has 0 aliphatic carbocycles. The largest absolute Gasteiger partial charge is 0.379 e. The van der Waals surface area contributed by atoms with Crippen LogP contribution in [0.3, 0.4) is 0 Å². The normalized spacial score (nSPS) is 20.1. The minimum absolute atomic E-state index is 0. The molecule has 1 amide bonds. The second-order valence-corrected chi connectivity index (χ2v) is 9.14. The van der Waals surface area contributed by atoms with Gasteiger partial charge in [-0.1, -0.05) is 0 Å². The van der Waals surface area contributed by atoms with Crippen LogP contribution in [0.5, 0.6) is 0 Å². The van der Waals surface area contributed by atoms with Gasteiger partial charge in [0.15, 0.2) is 0 Å². The Bertz CT molecular complexity index is 1010. The van der Waals surface area contributed by atoms with Crippen molar-refractivity contribution in [2.24, 2.45) is 4.36 Å². The molecule has 0 atom stereocenters. The van der Waals surface area contributed by atoms with Gasteiger partial charge in [-0.3, -0.25) is 9.59 Å². The zero-order chi connectivity index (χ0) is 18.1. The van der Waals surface area contributed by atoms with Crippen molar-refractivity contribution in [2.45, 2.75) is 18.8 Å². The molecule has 0 radical (unpaired) electrons. The van der Waals surface area contributed by atoms with E-state index < -0.39 is 15.6 Å². The molecule has 2 N–H and O–H groups in total. The van der Waals surface area contributed by atoms with Gasteiger partial charge in [0.05, 0.1) is 46.3 Å². The van der Waals surface area contributed by atoms with Crippen LogP contribution in [-0.4, -0.2) is 62.5 Å². The highest BCUT2D eigenvalue weighted by atomic mass is 35.5.